The van der Waals surface area contributed by atoms with Crippen LogP contribution in [0, 0.1) is 0 Å². The number of nitrogens with zero attached hydrogens (tertiary/aromatic N) is 1. The van der Waals surface area contributed by atoms with Gasteiger partial charge in [-0.1, -0.05) is 57.2 Å². The maximum Gasteiger partial charge on any atom is 0.0670 e. The van der Waals surface area contributed by atoms with Gasteiger partial charge in [-0.2, -0.15) is 0 Å². The molecule has 0 aliphatic heterocycles. The van der Waals surface area contributed by atoms with Crippen LogP contribution in [0.3, 0.4) is 0 Å². The molecular weight excluding hydrogens is 322 g/mol. The van der Waals surface area contributed by atoms with E-state index in [1.807, 2.05) is 11.3 Å². The topological polar surface area (TPSA) is 4.93 Å². The second kappa shape index (κ2) is 4.86. The molecule has 0 fully saturated rings. The molecule has 0 bridgehead atoms. The van der Waals surface area contributed by atoms with E-state index in [9.17, 15) is 0 Å². The Kier molecular flexibility index (Phi) is 2.91. The highest BCUT2D eigenvalue weighted by atomic mass is 32.1. The fourth-order valence-corrected chi connectivity index (χ4v) is 5.24. The maximum absolute atomic E-state index is 2.39. The number of rotatable bonds is 0. The molecule has 2 heterocycles. The van der Waals surface area contributed by atoms with E-state index in [1.54, 1.807) is 0 Å². The molecular formula is C23H21NS. The van der Waals surface area contributed by atoms with Crippen LogP contribution in [0.25, 0.3) is 42.0 Å². The maximum atomic E-state index is 2.39. The van der Waals surface area contributed by atoms with Gasteiger partial charge in [0.1, 0.15) is 0 Å². The summed E-state index contributed by atoms with van der Waals surface area (Å²) in [5.74, 6) is 0. The average molecular weight is 343 g/mol. The van der Waals surface area contributed by atoms with Crippen molar-refractivity contribution in [3.8, 4) is 0 Å². The molecule has 0 saturated carbocycles. The summed E-state index contributed by atoms with van der Waals surface area (Å²) >= 11 is 1.91. The largest absolute Gasteiger partial charge is 0.342 e. The number of aromatic nitrogens is 1. The van der Waals surface area contributed by atoms with Crippen LogP contribution in [0.1, 0.15) is 26.3 Å². The van der Waals surface area contributed by atoms with Crippen molar-refractivity contribution < 1.29 is 0 Å². The van der Waals surface area contributed by atoms with E-state index in [0.717, 1.165) is 0 Å². The summed E-state index contributed by atoms with van der Waals surface area (Å²) in [6, 6.07) is 20.3. The highest BCUT2D eigenvalue weighted by Gasteiger charge is 2.18. The first-order chi connectivity index (χ1) is 11.9. The summed E-state index contributed by atoms with van der Waals surface area (Å²) in [5.41, 5.74) is 4.23. The van der Waals surface area contributed by atoms with Gasteiger partial charge in [-0.15, -0.1) is 11.3 Å². The molecule has 0 atom stereocenters. The van der Waals surface area contributed by atoms with Gasteiger partial charge in [-0.3, -0.25) is 0 Å². The van der Waals surface area contributed by atoms with Gasteiger partial charge < -0.3 is 4.57 Å². The van der Waals surface area contributed by atoms with Crippen molar-refractivity contribution in [3.63, 3.8) is 0 Å². The monoisotopic (exact) mass is 343 g/mol. The van der Waals surface area contributed by atoms with Gasteiger partial charge in [0.25, 0.3) is 0 Å². The van der Waals surface area contributed by atoms with Gasteiger partial charge in [0.2, 0.25) is 0 Å². The van der Waals surface area contributed by atoms with Crippen molar-refractivity contribution in [2.45, 2.75) is 26.2 Å². The lowest BCUT2D eigenvalue weighted by atomic mass is 9.86. The minimum absolute atomic E-state index is 0.165. The third-order valence-electron chi connectivity index (χ3n) is 5.37. The Hall–Kier alpha value is -2.32. The Labute approximate surface area is 151 Å². The quantitative estimate of drug-likeness (QED) is 0.285. The first kappa shape index (κ1) is 15.0. The molecule has 5 aromatic rings. The summed E-state index contributed by atoms with van der Waals surface area (Å²) in [6.45, 7) is 6.84. The SMILES string of the molecule is Cn1c2ccc(C(C)(C)C)cc2c2ccc3c4ccccc4sc3c21. The van der Waals surface area contributed by atoms with Crippen LogP contribution in [0.4, 0.5) is 0 Å². The van der Waals surface area contributed by atoms with Crippen LogP contribution in [0.2, 0.25) is 0 Å². The van der Waals surface area contributed by atoms with Crippen LogP contribution < -0.4 is 0 Å². The third kappa shape index (κ3) is 2.01. The van der Waals surface area contributed by atoms with Gasteiger partial charge in [-0.25, -0.2) is 0 Å². The van der Waals surface area contributed by atoms with E-state index in [-0.39, 0.29) is 5.41 Å². The Morgan fingerprint density at radius 3 is 2.36 bits per heavy atom. The van der Waals surface area contributed by atoms with Gasteiger partial charge in [0, 0.05) is 38.8 Å². The van der Waals surface area contributed by atoms with Gasteiger partial charge >= 0.3 is 0 Å². The molecule has 0 N–H and O–H groups in total. The molecule has 0 unspecified atom stereocenters. The number of hydrogen-bond donors (Lipinski definition) is 0. The van der Waals surface area contributed by atoms with Crippen LogP contribution in [0.5, 0.6) is 0 Å². The Bertz CT molecular complexity index is 1280. The molecule has 0 saturated heterocycles. The molecule has 5 rings (SSSR count). The van der Waals surface area contributed by atoms with Crippen LogP contribution >= 0.6 is 11.3 Å². The van der Waals surface area contributed by atoms with Gasteiger partial charge in [0.05, 0.1) is 10.2 Å². The molecule has 2 aromatic heterocycles. The smallest absolute Gasteiger partial charge is 0.0670 e. The number of fused-ring (bicyclic) bond motifs is 7. The predicted molar refractivity (Wildman–Crippen MR) is 112 cm³/mol. The lowest BCUT2D eigenvalue weighted by Crippen LogP contribution is -2.10. The molecule has 0 radical (unpaired) electrons. The normalized spacial score (nSPS) is 12.8. The number of hydrogen-bond acceptors (Lipinski definition) is 1. The Morgan fingerprint density at radius 1 is 0.800 bits per heavy atom. The van der Waals surface area contributed by atoms with E-state index >= 15 is 0 Å². The molecule has 2 heteroatoms. The van der Waals surface area contributed by atoms with Crippen molar-refractivity contribution in [1.29, 1.82) is 0 Å². The standard InChI is InChI=1S/C23H21NS/c1-23(2,3)14-9-12-19-18(13-14)16-10-11-17-15-7-5-6-8-20(15)25-22(17)21(16)24(19)4/h5-13H,1-4H3. The van der Waals surface area contributed by atoms with E-state index in [4.69, 9.17) is 0 Å². The molecule has 25 heavy (non-hydrogen) atoms. The molecule has 0 aliphatic carbocycles. The molecule has 124 valence electrons. The zero-order chi connectivity index (χ0) is 17.3. The fraction of sp³-hybridized carbons (Fsp3) is 0.217. The summed E-state index contributed by atoms with van der Waals surface area (Å²) in [5, 5.41) is 5.46. The van der Waals surface area contributed by atoms with Crippen molar-refractivity contribution in [2.75, 3.05) is 0 Å². The number of thiophene rings is 1. The van der Waals surface area contributed by atoms with Crippen molar-refractivity contribution >= 4 is 53.3 Å². The third-order valence-corrected chi connectivity index (χ3v) is 6.56. The van der Waals surface area contributed by atoms with Crippen LogP contribution in [-0.4, -0.2) is 4.57 Å². The van der Waals surface area contributed by atoms with E-state index in [0.29, 0.717) is 0 Å². The second-order valence-corrected chi connectivity index (χ2v) is 9.03. The summed E-state index contributed by atoms with van der Waals surface area (Å²) in [7, 11) is 2.20. The van der Waals surface area contributed by atoms with E-state index in [1.165, 1.54) is 47.5 Å². The Balaban J connectivity index is 1.98. The summed E-state index contributed by atoms with van der Waals surface area (Å²) < 4.78 is 5.13. The fourth-order valence-electron chi connectivity index (χ4n) is 3.96. The highest BCUT2D eigenvalue weighted by Crippen LogP contribution is 2.41. The average Bonchev–Trinajstić information content (AvgIpc) is 3.10. The first-order valence-electron chi connectivity index (χ1n) is 8.78. The molecule has 0 amide bonds. The van der Waals surface area contributed by atoms with Gasteiger partial charge in [0.15, 0.2) is 0 Å². The number of aryl methyl sites for hydroxylation is 1. The minimum atomic E-state index is 0.165. The molecule has 1 nitrogen and oxygen atoms in total. The lowest BCUT2D eigenvalue weighted by Gasteiger charge is -2.19. The molecule has 0 aliphatic rings. The number of benzene rings is 3. The van der Waals surface area contributed by atoms with Crippen LogP contribution in [-0.2, 0) is 12.5 Å². The van der Waals surface area contributed by atoms with E-state index < -0.39 is 0 Å². The second-order valence-electron chi connectivity index (χ2n) is 7.98. The van der Waals surface area contributed by atoms with Crippen molar-refractivity contribution in [1.82, 2.24) is 4.57 Å². The van der Waals surface area contributed by atoms with Crippen molar-refractivity contribution in [3.05, 3.63) is 60.2 Å². The van der Waals surface area contributed by atoms with Crippen molar-refractivity contribution in [2.24, 2.45) is 7.05 Å². The highest BCUT2D eigenvalue weighted by molar-refractivity contribution is 7.26. The Morgan fingerprint density at radius 2 is 1.56 bits per heavy atom. The first-order valence-corrected chi connectivity index (χ1v) is 9.60. The zero-order valence-corrected chi connectivity index (χ0v) is 15.9. The molecule has 0 spiro atoms. The summed E-state index contributed by atoms with van der Waals surface area (Å²) in [6.07, 6.45) is 0. The predicted octanol–water partition coefficient (Wildman–Crippen LogP) is 7.00. The zero-order valence-electron chi connectivity index (χ0n) is 15.1. The molecule has 3 aromatic carbocycles. The minimum Gasteiger partial charge on any atom is -0.342 e. The lowest BCUT2D eigenvalue weighted by molar-refractivity contribution is 0.591. The van der Waals surface area contributed by atoms with Crippen LogP contribution in [0.15, 0.2) is 54.6 Å². The summed E-state index contributed by atoms with van der Waals surface area (Å²) in [4.78, 5) is 0. The van der Waals surface area contributed by atoms with Gasteiger partial charge in [-0.05, 0) is 29.2 Å². The van der Waals surface area contributed by atoms with E-state index in [2.05, 4.69) is 87.0 Å².